The largest absolute Gasteiger partial charge is 0.369 e. The second-order valence-electron chi connectivity index (χ2n) is 5.57. The fourth-order valence-electron chi connectivity index (χ4n) is 2.46. The Morgan fingerprint density at radius 1 is 1.38 bits per heavy atom. The van der Waals surface area contributed by atoms with Gasteiger partial charge in [0.05, 0.1) is 6.21 Å². The molecule has 0 radical (unpaired) electrons. The monoisotopic (exact) mass is 291 g/mol. The highest BCUT2D eigenvalue weighted by atomic mass is 19.1. The number of benzene rings is 1. The van der Waals surface area contributed by atoms with Gasteiger partial charge >= 0.3 is 0 Å². The van der Waals surface area contributed by atoms with E-state index in [2.05, 4.69) is 22.0 Å². The Morgan fingerprint density at radius 2 is 2.10 bits per heavy atom. The van der Waals surface area contributed by atoms with Crippen LogP contribution in [0.4, 0.5) is 4.39 Å². The highest BCUT2D eigenvalue weighted by Crippen LogP contribution is 2.19. The molecule has 0 saturated carbocycles. The van der Waals surface area contributed by atoms with Crippen LogP contribution in [0, 0.1) is 11.7 Å². The summed E-state index contributed by atoms with van der Waals surface area (Å²) in [4.78, 5) is 2.34. The van der Waals surface area contributed by atoms with Crippen LogP contribution in [0.2, 0.25) is 0 Å². The van der Waals surface area contributed by atoms with Crippen LogP contribution in [-0.4, -0.2) is 30.2 Å². The Balaban J connectivity index is 2.11. The second kappa shape index (κ2) is 7.17. The molecule has 1 aromatic carbocycles. The van der Waals surface area contributed by atoms with Crippen LogP contribution >= 0.6 is 0 Å². The number of likely N-dealkylation sites (tertiary alicyclic amines) is 1. The zero-order valence-electron chi connectivity index (χ0n) is 12.3. The van der Waals surface area contributed by atoms with Gasteiger partial charge in [-0.05, 0) is 55.1 Å². The van der Waals surface area contributed by atoms with Gasteiger partial charge in [0.2, 0.25) is 5.96 Å². The molecule has 1 fully saturated rings. The molecule has 0 bridgehead atoms. The van der Waals surface area contributed by atoms with Crippen molar-refractivity contribution in [3.8, 4) is 0 Å². The van der Waals surface area contributed by atoms with Gasteiger partial charge < -0.3 is 11.5 Å². The van der Waals surface area contributed by atoms with Crippen molar-refractivity contribution in [3.63, 3.8) is 0 Å². The lowest BCUT2D eigenvalue weighted by Crippen LogP contribution is -2.32. The molecule has 1 saturated heterocycles. The molecule has 6 heteroatoms. The molecule has 1 heterocycles. The minimum absolute atomic E-state index is 0.0973. The highest BCUT2D eigenvalue weighted by molar-refractivity contribution is 5.83. The van der Waals surface area contributed by atoms with Crippen molar-refractivity contribution in [3.05, 3.63) is 35.1 Å². The molecule has 21 heavy (non-hydrogen) atoms. The number of hydrogen-bond donors (Lipinski definition) is 2. The van der Waals surface area contributed by atoms with E-state index in [1.54, 1.807) is 18.3 Å². The number of piperidine rings is 1. The van der Waals surface area contributed by atoms with E-state index in [9.17, 15) is 4.39 Å². The number of guanidine groups is 1. The Labute approximate surface area is 124 Å². The number of nitrogens with zero attached hydrogens (tertiary/aromatic N) is 3. The zero-order valence-corrected chi connectivity index (χ0v) is 12.3. The first-order chi connectivity index (χ1) is 10.0. The van der Waals surface area contributed by atoms with Crippen molar-refractivity contribution in [1.82, 2.24) is 4.90 Å². The summed E-state index contributed by atoms with van der Waals surface area (Å²) in [6, 6.07) is 4.66. The van der Waals surface area contributed by atoms with Gasteiger partial charge in [0.15, 0.2) is 0 Å². The van der Waals surface area contributed by atoms with E-state index in [0.717, 1.165) is 30.1 Å². The maximum Gasteiger partial charge on any atom is 0.211 e. The fourth-order valence-corrected chi connectivity index (χ4v) is 2.46. The first-order valence-electron chi connectivity index (χ1n) is 7.17. The standard InChI is InChI=1S/C15H22FN5/c1-11-4-6-21(7-5-11)10-13-8-14(16)3-2-12(13)9-19-20-15(17)18/h2-3,8-9,11H,4-7,10H2,1H3,(H4,17,18,20). The zero-order chi connectivity index (χ0) is 15.2. The van der Waals surface area contributed by atoms with E-state index < -0.39 is 0 Å². The van der Waals surface area contributed by atoms with E-state index >= 15 is 0 Å². The Hall–Kier alpha value is -1.95. The molecule has 4 N–H and O–H groups in total. The molecular weight excluding hydrogens is 269 g/mol. The number of rotatable bonds is 4. The first-order valence-corrected chi connectivity index (χ1v) is 7.17. The predicted octanol–water partition coefficient (Wildman–Crippen LogP) is 1.66. The maximum absolute atomic E-state index is 13.5. The molecule has 5 nitrogen and oxygen atoms in total. The summed E-state index contributed by atoms with van der Waals surface area (Å²) in [6.45, 7) is 5.07. The summed E-state index contributed by atoms with van der Waals surface area (Å²) < 4.78 is 13.5. The molecule has 114 valence electrons. The van der Waals surface area contributed by atoms with Crippen LogP contribution in [0.5, 0.6) is 0 Å². The van der Waals surface area contributed by atoms with Crippen molar-refractivity contribution >= 4 is 12.2 Å². The summed E-state index contributed by atoms with van der Waals surface area (Å²) in [6.07, 6.45) is 3.93. The van der Waals surface area contributed by atoms with Gasteiger partial charge in [-0.3, -0.25) is 4.90 Å². The van der Waals surface area contributed by atoms with Gasteiger partial charge in [-0.2, -0.15) is 5.10 Å². The van der Waals surface area contributed by atoms with Crippen molar-refractivity contribution in [2.45, 2.75) is 26.3 Å². The minimum Gasteiger partial charge on any atom is -0.369 e. The molecule has 0 aromatic heterocycles. The van der Waals surface area contributed by atoms with E-state index in [1.165, 1.54) is 18.9 Å². The van der Waals surface area contributed by atoms with Gasteiger partial charge in [-0.25, -0.2) is 4.39 Å². The molecule has 1 aromatic rings. The van der Waals surface area contributed by atoms with Gasteiger partial charge in [-0.1, -0.05) is 13.0 Å². The van der Waals surface area contributed by atoms with Crippen LogP contribution in [-0.2, 0) is 6.54 Å². The second-order valence-corrected chi connectivity index (χ2v) is 5.57. The lowest BCUT2D eigenvalue weighted by Gasteiger charge is -2.30. The van der Waals surface area contributed by atoms with Crippen LogP contribution in [0.1, 0.15) is 30.9 Å². The molecule has 2 rings (SSSR count). The average Bonchev–Trinajstić information content (AvgIpc) is 2.43. The lowest BCUT2D eigenvalue weighted by atomic mass is 9.98. The minimum atomic E-state index is -0.241. The van der Waals surface area contributed by atoms with E-state index in [4.69, 9.17) is 11.5 Å². The van der Waals surface area contributed by atoms with Gasteiger partial charge in [-0.15, -0.1) is 5.10 Å². The van der Waals surface area contributed by atoms with Crippen molar-refractivity contribution in [2.75, 3.05) is 13.1 Å². The van der Waals surface area contributed by atoms with E-state index in [1.807, 2.05) is 0 Å². The molecule has 0 unspecified atom stereocenters. The van der Waals surface area contributed by atoms with E-state index in [0.29, 0.717) is 6.54 Å². The third-order valence-electron chi connectivity index (χ3n) is 3.75. The molecule has 0 aliphatic carbocycles. The molecule has 1 aliphatic heterocycles. The normalized spacial score (nSPS) is 17.2. The Kier molecular flexibility index (Phi) is 5.27. The van der Waals surface area contributed by atoms with Crippen molar-refractivity contribution in [1.29, 1.82) is 0 Å². The quantitative estimate of drug-likeness (QED) is 0.503. The van der Waals surface area contributed by atoms with Crippen molar-refractivity contribution < 1.29 is 4.39 Å². The number of hydrogen-bond acceptors (Lipinski definition) is 3. The maximum atomic E-state index is 13.5. The molecular formula is C15H22FN5. The average molecular weight is 291 g/mol. The third-order valence-corrected chi connectivity index (χ3v) is 3.75. The third kappa shape index (κ3) is 4.82. The summed E-state index contributed by atoms with van der Waals surface area (Å²) in [5, 5.41) is 7.38. The van der Waals surface area contributed by atoms with Crippen LogP contribution in [0.25, 0.3) is 0 Å². The van der Waals surface area contributed by atoms with Crippen LogP contribution in [0.15, 0.2) is 28.4 Å². The van der Waals surface area contributed by atoms with Crippen LogP contribution < -0.4 is 11.5 Å². The molecule has 1 aliphatic rings. The van der Waals surface area contributed by atoms with E-state index in [-0.39, 0.29) is 11.8 Å². The van der Waals surface area contributed by atoms with Gasteiger partial charge in [0, 0.05) is 6.54 Å². The summed E-state index contributed by atoms with van der Waals surface area (Å²) in [5.74, 6) is 0.436. The molecule has 0 spiro atoms. The number of halogens is 1. The Morgan fingerprint density at radius 3 is 2.76 bits per heavy atom. The first kappa shape index (κ1) is 15.4. The van der Waals surface area contributed by atoms with Gasteiger partial charge in [0.1, 0.15) is 5.82 Å². The Bertz CT molecular complexity index is 529. The molecule has 0 atom stereocenters. The van der Waals surface area contributed by atoms with Gasteiger partial charge in [0.25, 0.3) is 0 Å². The number of nitrogens with two attached hydrogens (primary N) is 2. The highest BCUT2D eigenvalue weighted by Gasteiger charge is 2.16. The topological polar surface area (TPSA) is 80.0 Å². The smallest absolute Gasteiger partial charge is 0.211 e. The lowest BCUT2D eigenvalue weighted by molar-refractivity contribution is 0.185. The van der Waals surface area contributed by atoms with Crippen LogP contribution in [0.3, 0.4) is 0 Å². The summed E-state index contributed by atoms with van der Waals surface area (Å²) in [7, 11) is 0. The SMILES string of the molecule is CC1CCN(Cc2cc(F)ccc2C=NN=C(N)N)CC1. The van der Waals surface area contributed by atoms with Crippen molar-refractivity contribution in [2.24, 2.45) is 27.6 Å². The summed E-state index contributed by atoms with van der Waals surface area (Å²) >= 11 is 0. The molecule has 0 amide bonds. The predicted molar refractivity (Wildman–Crippen MR) is 83.5 cm³/mol. The summed E-state index contributed by atoms with van der Waals surface area (Å²) in [5.41, 5.74) is 12.2. The fraction of sp³-hybridized carbons (Fsp3) is 0.467.